The second kappa shape index (κ2) is 10.9. The molecule has 0 radical (unpaired) electrons. The second-order valence-corrected chi connectivity index (χ2v) is 9.32. The number of fused-ring (bicyclic) bond motifs is 1. The van der Waals surface area contributed by atoms with Gasteiger partial charge in [-0.1, -0.05) is 42.5 Å². The zero-order valence-electron chi connectivity index (χ0n) is 16.9. The van der Waals surface area contributed by atoms with Crippen LogP contribution in [0.4, 0.5) is 5.69 Å². The van der Waals surface area contributed by atoms with Gasteiger partial charge in [0.2, 0.25) is 5.91 Å². The maximum absolute atomic E-state index is 13.5. The summed E-state index contributed by atoms with van der Waals surface area (Å²) in [7, 11) is -9.45. The molecule has 0 aromatic heterocycles. The van der Waals surface area contributed by atoms with Crippen LogP contribution in [-0.4, -0.2) is 91.0 Å². The number of carbonyl (C=O) groups is 1. The maximum atomic E-state index is 13.5. The Morgan fingerprint density at radius 2 is 1.17 bits per heavy atom. The van der Waals surface area contributed by atoms with Gasteiger partial charge in [-0.2, -0.15) is 16.8 Å². The summed E-state index contributed by atoms with van der Waals surface area (Å²) in [5, 5.41) is 2.89. The molecule has 0 fully saturated rings. The van der Waals surface area contributed by atoms with Gasteiger partial charge in [0, 0.05) is 11.3 Å². The summed E-state index contributed by atoms with van der Waals surface area (Å²) in [5.74, 6) is -0.703. The van der Waals surface area contributed by atoms with Crippen molar-refractivity contribution < 1.29 is 39.1 Å². The summed E-state index contributed by atoms with van der Waals surface area (Å²) < 4.78 is 70.8. The van der Waals surface area contributed by atoms with Crippen molar-refractivity contribution in [3.63, 3.8) is 0 Å². The van der Waals surface area contributed by atoms with Crippen LogP contribution < -0.4 is 13.7 Å². The van der Waals surface area contributed by atoms with E-state index in [1.807, 2.05) is 13.0 Å². The van der Waals surface area contributed by atoms with Crippen LogP contribution in [0.25, 0.3) is 0 Å². The van der Waals surface area contributed by atoms with Crippen LogP contribution in [0.15, 0.2) is 66.7 Å². The third-order valence-electron chi connectivity index (χ3n) is 5.23. The number of amides is 1. The van der Waals surface area contributed by atoms with Crippen molar-refractivity contribution in [2.24, 2.45) is 0 Å². The normalized spacial score (nSPS) is 14.1. The Bertz CT molecular complexity index is 1380. The monoisotopic (exact) mass is 539 g/mol. The van der Waals surface area contributed by atoms with Crippen LogP contribution in [0.2, 0.25) is 0 Å². The number of rotatable bonds is 6. The van der Waals surface area contributed by atoms with Gasteiger partial charge in [0.25, 0.3) is 0 Å². The van der Waals surface area contributed by atoms with Crippen molar-refractivity contribution in [2.75, 3.05) is 5.32 Å². The molecule has 3 aromatic rings. The fourth-order valence-corrected chi connectivity index (χ4v) is 4.69. The predicted molar refractivity (Wildman–Crippen MR) is 131 cm³/mol. The molecule has 1 heterocycles. The minimum absolute atomic E-state index is 0. The zero-order valence-corrected chi connectivity index (χ0v) is 18.6. The molecule has 4 rings (SSSR count). The molecule has 14 heteroatoms. The molecular formula is C21H19NNa2O9S2. The number of nitrogens with one attached hydrogen (secondary N) is 1. The summed E-state index contributed by atoms with van der Waals surface area (Å²) in [4.78, 5) is 13.5. The van der Waals surface area contributed by atoms with Crippen molar-refractivity contribution in [1.29, 1.82) is 0 Å². The zero-order chi connectivity index (χ0) is 24.0. The van der Waals surface area contributed by atoms with E-state index in [0.717, 1.165) is 5.56 Å². The molecule has 0 aliphatic carbocycles. The first-order valence-corrected chi connectivity index (χ1v) is 12.1. The van der Waals surface area contributed by atoms with Gasteiger partial charge in [0.05, 0.1) is 0 Å². The van der Waals surface area contributed by atoms with Gasteiger partial charge >= 0.3 is 79.9 Å². The number of aryl methyl sites for hydroxylation is 1. The Morgan fingerprint density at radius 3 is 1.57 bits per heavy atom. The van der Waals surface area contributed by atoms with Crippen LogP contribution in [-0.2, 0) is 31.0 Å². The number of hydrogen-bond acceptors (Lipinski definition) is 7. The van der Waals surface area contributed by atoms with Gasteiger partial charge in [-0.25, -0.2) is 0 Å². The molecule has 10 nitrogen and oxygen atoms in total. The predicted octanol–water partition coefficient (Wildman–Crippen LogP) is 1.35. The Hall–Kier alpha value is -1.45. The topological polar surface area (TPSA) is 156 Å². The molecule has 35 heavy (non-hydrogen) atoms. The third-order valence-corrected chi connectivity index (χ3v) is 6.04. The van der Waals surface area contributed by atoms with Crippen molar-refractivity contribution in [2.45, 2.75) is 12.3 Å². The van der Waals surface area contributed by atoms with E-state index in [4.69, 9.17) is 9.11 Å². The first-order chi connectivity index (χ1) is 15.4. The molecule has 176 valence electrons. The van der Waals surface area contributed by atoms with Crippen molar-refractivity contribution in [3.05, 3.63) is 89.0 Å². The van der Waals surface area contributed by atoms with E-state index in [2.05, 4.69) is 13.7 Å². The van der Waals surface area contributed by atoms with Gasteiger partial charge < -0.3 is 13.7 Å². The average Bonchev–Trinajstić information content (AvgIpc) is 3.01. The molecule has 0 saturated heterocycles. The molecule has 0 atom stereocenters. The summed E-state index contributed by atoms with van der Waals surface area (Å²) in [5.41, 5.74) is 1.58. The molecule has 0 saturated carbocycles. The molecule has 0 bridgehead atoms. The molecule has 0 spiro atoms. The Labute approximate surface area is 246 Å². The molecule has 1 aliphatic rings. The number of benzene rings is 3. The summed E-state index contributed by atoms with van der Waals surface area (Å²) in [6, 6.07) is 16.5. The minimum atomic E-state index is -4.72. The van der Waals surface area contributed by atoms with E-state index in [9.17, 15) is 21.6 Å². The summed E-state index contributed by atoms with van der Waals surface area (Å²) >= 11 is 0. The Balaban J connectivity index is 0.00000216. The van der Waals surface area contributed by atoms with E-state index < -0.39 is 32.1 Å². The van der Waals surface area contributed by atoms with Gasteiger partial charge in [0.15, 0.2) is 0 Å². The first kappa shape index (κ1) is 29.8. The fraction of sp³-hybridized carbons (Fsp3) is 0.0952. The Morgan fingerprint density at radius 1 is 0.743 bits per heavy atom. The molecular weight excluding hydrogens is 520 g/mol. The van der Waals surface area contributed by atoms with Crippen LogP contribution >= 0.6 is 0 Å². The summed E-state index contributed by atoms with van der Waals surface area (Å²) in [6.07, 6.45) is 0. The SMILES string of the molecule is Cc1cccc2c1NC(=O)C2(c1ccc(OS(=O)(=O)O)cc1)c1ccc(OS(=O)(=O)O)cc1.[NaH].[NaH]. The van der Waals surface area contributed by atoms with E-state index >= 15 is 0 Å². The number of anilines is 1. The van der Waals surface area contributed by atoms with Crippen LogP contribution in [0, 0.1) is 6.92 Å². The number of carbonyl (C=O) groups excluding carboxylic acids is 1. The van der Waals surface area contributed by atoms with E-state index in [0.29, 0.717) is 22.4 Å². The van der Waals surface area contributed by atoms with Gasteiger partial charge in [-0.3, -0.25) is 13.9 Å². The van der Waals surface area contributed by atoms with Gasteiger partial charge in [0.1, 0.15) is 16.9 Å². The standard InChI is InChI=1S/C21H17NO9S2.2Na.2H/c1-13-3-2-4-18-19(13)22-20(23)21(18,14-5-9-16(10-6-14)30-32(24,25)26)15-7-11-17(12-8-15)31-33(27,28)29;;;;/h2-12H,1H3,(H,22,23)(H,24,25,26)(H,27,28,29);;;;. The third kappa shape index (κ3) is 6.10. The van der Waals surface area contributed by atoms with E-state index in [1.165, 1.54) is 48.5 Å². The molecule has 3 aromatic carbocycles. The average molecular weight is 539 g/mol. The fourth-order valence-electron chi connectivity index (χ4n) is 3.98. The van der Waals surface area contributed by atoms with Crippen LogP contribution in [0.1, 0.15) is 22.3 Å². The van der Waals surface area contributed by atoms with Crippen molar-refractivity contribution >= 4 is 91.5 Å². The quantitative estimate of drug-likeness (QED) is 0.311. The van der Waals surface area contributed by atoms with Crippen molar-refractivity contribution in [1.82, 2.24) is 0 Å². The van der Waals surface area contributed by atoms with Gasteiger partial charge in [-0.15, -0.1) is 0 Å². The van der Waals surface area contributed by atoms with E-state index in [1.54, 1.807) is 12.1 Å². The Kier molecular flexibility index (Phi) is 9.26. The number of para-hydroxylation sites is 1. The second-order valence-electron chi connectivity index (χ2n) is 7.27. The van der Waals surface area contributed by atoms with Crippen LogP contribution in [0.5, 0.6) is 11.5 Å². The molecule has 1 aliphatic heterocycles. The van der Waals surface area contributed by atoms with E-state index in [-0.39, 0.29) is 70.6 Å². The number of hydrogen-bond donors (Lipinski definition) is 3. The first-order valence-electron chi connectivity index (χ1n) is 9.36. The molecule has 1 amide bonds. The molecule has 0 unspecified atom stereocenters. The van der Waals surface area contributed by atoms with Gasteiger partial charge in [-0.05, 0) is 47.9 Å². The molecule has 3 N–H and O–H groups in total. The van der Waals surface area contributed by atoms with Crippen LogP contribution in [0.3, 0.4) is 0 Å². The summed E-state index contributed by atoms with van der Waals surface area (Å²) in [6.45, 7) is 1.83. The van der Waals surface area contributed by atoms with Crippen molar-refractivity contribution in [3.8, 4) is 11.5 Å².